The van der Waals surface area contributed by atoms with Crippen molar-refractivity contribution < 1.29 is 14.5 Å². The Morgan fingerprint density at radius 3 is 2.92 bits per heavy atom. The highest BCUT2D eigenvalue weighted by Gasteiger charge is 2.18. The fourth-order valence-electron chi connectivity index (χ4n) is 2.34. The van der Waals surface area contributed by atoms with Gasteiger partial charge in [-0.2, -0.15) is 0 Å². The minimum Gasteiger partial charge on any atom is -0.490 e. The lowest BCUT2D eigenvalue weighted by Gasteiger charge is -2.05. The van der Waals surface area contributed by atoms with Gasteiger partial charge >= 0.3 is 5.69 Å². The second-order valence-electron chi connectivity index (χ2n) is 5.17. The molecule has 128 valence electrons. The summed E-state index contributed by atoms with van der Waals surface area (Å²) in [6.45, 7) is 0.179. The van der Waals surface area contributed by atoms with Crippen LogP contribution in [-0.2, 0) is 6.54 Å². The number of pyridine rings is 1. The highest BCUT2D eigenvalue weighted by Crippen LogP contribution is 2.27. The fraction of sp³-hybridized carbons (Fsp3) is 0.125. The third kappa shape index (κ3) is 3.53. The Labute approximate surface area is 147 Å². The zero-order chi connectivity index (χ0) is 18.0. The summed E-state index contributed by atoms with van der Waals surface area (Å²) in [6, 6.07) is 7.47. The van der Waals surface area contributed by atoms with Crippen LogP contribution in [0.1, 0.15) is 16.1 Å². The van der Waals surface area contributed by atoms with Crippen molar-refractivity contribution in [3.05, 3.63) is 69.1 Å². The normalized spacial score (nSPS) is 10.6. The molecule has 0 unspecified atom stereocenters. The number of carbonyl (C=O) groups excluding carboxylic acids is 1. The summed E-state index contributed by atoms with van der Waals surface area (Å²) in [5.41, 5.74) is 1.20. The Morgan fingerprint density at radius 2 is 2.20 bits per heavy atom. The molecule has 1 amide bonds. The average Bonchev–Trinajstić information content (AvgIpc) is 3.00. The van der Waals surface area contributed by atoms with Crippen LogP contribution in [-0.4, -0.2) is 27.3 Å². The van der Waals surface area contributed by atoms with Gasteiger partial charge in [0.15, 0.2) is 5.75 Å². The number of benzene rings is 1. The van der Waals surface area contributed by atoms with Gasteiger partial charge < -0.3 is 14.5 Å². The Morgan fingerprint density at radius 1 is 1.40 bits per heavy atom. The molecule has 9 heteroatoms. The molecular formula is C16H13ClN4O4. The maximum absolute atomic E-state index is 12.2. The molecule has 0 saturated carbocycles. The van der Waals surface area contributed by atoms with Crippen LogP contribution in [0.3, 0.4) is 0 Å². The molecule has 2 aromatic heterocycles. The summed E-state index contributed by atoms with van der Waals surface area (Å²) in [5.74, 6) is -0.348. The van der Waals surface area contributed by atoms with Crippen LogP contribution in [0.4, 0.5) is 5.69 Å². The summed E-state index contributed by atoms with van der Waals surface area (Å²) < 4.78 is 6.70. The number of imidazole rings is 1. The Hall–Kier alpha value is -3.13. The number of amides is 1. The number of fused-ring (bicyclic) bond motifs is 1. The van der Waals surface area contributed by atoms with Crippen molar-refractivity contribution in [2.75, 3.05) is 7.11 Å². The van der Waals surface area contributed by atoms with E-state index >= 15 is 0 Å². The lowest BCUT2D eigenvalue weighted by atomic mass is 10.1. The zero-order valence-corrected chi connectivity index (χ0v) is 13.9. The minimum atomic E-state index is -0.596. The number of methoxy groups -OCH3 is 1. The van der Waals surface area contributed by atoms with Crippen LogP contribution >= 0.6 is 11.6 Å². The van der Waals surface area contributed by atoms with Crippen LogP contribution in [0, 0.1) is 10.1 Å². The number of hydrogen-bond acceptors (Lipinski definition) is 5. The van der Waals surface area contributed by atoms with Gasteiger partial charge in [-0.15, -0.1) is 0 Å². The molecule has 0 radical (unpaired) electrons. The van der Waals surface area contributed by atoms with Crippen LogP contribution < -0.4 is 10.1 Å². The van der Waals surface area contributed by atoms with E-state index in [-0.39, 0.29) is 23.5 Å². The van der Waals surface area contributed by atoms with E-state index in [9.17, 15) is 14.9 Å². The van der Waals surface area contributed by atoms with Crippen molar-refractivity contribution in [2.45, 2.75) is 6.54 Å². The Balaban J connectivity index is 1.75. The summed E-state index contributed by atoms with van der Waals surface area (Å²) in [5, 5.41) is 14.3. The maximum atomic E-state index is 12.2. The number of nitro benzene ring substituents is 1. The van der Waals surface area contributed by atoms with Gasteiger partial charge in [-0.1, -0.05) is 11.6 Å². The summed E-state index contributed by atoms with van der Waals surface area (Å²) >= 11 is 5.91. The predicted octanol–water partition coefficient (Wildman–Crippen LogP) is 2.83. The molecule has 3 aromatic rings. The summed E-state index contributed by atoms with van der Waals surface area (Å²) in [4.78, 5) is 27.0. The summed E-state index contributed by atoms with van der Waals surface area (Å²) in [6.07, 6.45) is 3.53. The number of carbonyl (C=O) groups is 1. The highest BCUT2D eigenvalue weighted by molar-refractivity contribution is 6.30. The molecule has 1 aromatic carbocycles. The van der Waals surface area contributed by atoms with E-state index in [1.807, 2.05) is 0 Å². The topological polar surface area (TPSA) is 98.8 Å². The lowest BCUT2D eigenvalue weighted by Crippen LogP contribution is -2.23. The second-order valence-corrected chi connectivity index (χ2v) is 5.61. The van der Waals surface area contributed by atoms with E-state index in [1.54, 1.807) is 28.9 Å². The number of rotatable bonds is 5. The molecule has 1 N–H and O–H groups in total. The first-order chi connectivity index (χ1) is 12.0. The van der Waals surface area contributed by atoms with Crippen molar-refractivity contribution in [3.63, 3.8) is 0 Å². The van der Waals surface area contributed by atoms with Crippen LogP contribution in [0.5, 0.6) is 5.75 Å². The van der Waals surface area contributed by atoms with Gasteiger partial charge in [-0.25, -0.2) is 4.98 Å². The number of halogens is 1. The van der Waals surface area contributed by atoms with E-state index < -0.39 is 10.8 Å². The van der Waals surface area contributed by atoms with Crippen molar-refractivity contribution >= 4 is 28.8 Å². The standard InChI is InChI=1S/C16H13ClN4O4/c1-25-14-3-2-10(6-13(14)21(23)24)16(22)18-8-12-9-20-5-4-11(17)7-15(20)19-12/h2-7,9H,8H2,1H3,(H,18,22). The molecule has 25 heavy (non-hydrogen) atoms. The van der Waals surface area contributed by atoms with E-state index in [1.165, 1.54) is 25.3 Å². The number of nitro groups is 1. The third-order valence-electron chi connectivity index (χ3n) is 3.54. The first-order valence-corrected chi connectivity index (χ1v) is 7.59. The molecule has 3 rings (SSSR count). The van der Waals surface area contributed by atoms with Crippen molar-refractivity contribution in [2.24, 2.45) is 0 Å². The molecule has 0 bridgehead atoms. The van der Waals surface area contributed by atoms with Gasteiger partial charge in [-0.05, 0) is 24.3 Å². The number of nitrogens with one attached hydrogen (secondary N) is 1. The molecule has 0 atom stereocenters. The second kappa shape index (κ2) is 6.78. The molecule has 2 heterocycles. The largest absolute Gasteiger partial charge is 0.490 e. The quantitative estimate of drug-likeness (QED) is 0.557. The SMILES string of the molecule is COc1ccc(C(=O)NCc2cn3ccc(Cl)cc3n2)cc1[N+](=O)[O-]. The van der Waals surface area contributed by atoms with Gasteiger partial charge in [0, 0.05) is 29.0 Å². The van der Waals surface area contributed by atoms with E-state index in [0.29, 0.717) is 16.4 Å². The van der Waals surface area contributed by atoms with Crippen LogP contribution in [0.25, 0.3) is 5.65 Å². The van der Waals surface area contributed by atoms with Gasteiger partial charge in [-0.3, -0.25) is 14.9 Å². The first-order valence-electron chi connectivity index (χ1n) is 7.21. The molecular weight excluding hydrogens is 348 g/mol. The molecule has 0 aliphatic carbocycles. The first kappa shape index (κ1) is 16.7. The monoisotopic (exact) mass is 360 g/mol. The van der Waals surface area contributed by atoms with Crippen LogP contribution in [0.2, 0.25) is 5.02 Å². The van der Waals surface area contributed by atoms with E-state index in [0.717, 1.165) is 0 Å². The van der Waals surface area contributed by atoms with Gasteiger partial charge in [0.05, 0.1) is 24.3 Å². The Kier molecular flexibility index (Phi) is 4.53. The summed E-state index contributed by atoms with van der Waals surface area (Å²) in [7, 11) is 1.33. The minimum absolute atomic E-state index is 0.0961. The van der Waals surface area contributed by atoms with Crippen molar-refractivity contribution in [1.82, 2.24) is 14.7 Å². The molecule has 0 aliphatic heterocycles. The number of nitrogens with zero attached hydrogens (tertiary/aromatic N) is 3. The average molecular weight is 361 g/mol. The highest BCUT2D eigenvalue weighted by atomic mass is 35.5. The lowest BCUT2D eigenvalue weighted by molar-refractivity contribution is -0.385. The third-order valence-corrected chi connectivity index (χ3v) is 3.78. The maximum Gasteiger partial charge on any atom is 0.311 e. The molecule has 0 saturated heterocycles. The van der Waals surface area contributed by atoms with Crippen LogP contribution in [0.15, 0.2) is 42.7 Å². The van der Waals surface area contributed by atoms with Gasteiger partial charge in [0.1, 0.15) is 5.65 Å². The molecule has 0 spiro atoms. The van der Waals surface area contributed by atoms with E-state index in [2.05, 4.69) is 10.3 Å². The van der Waals surface area contributed by atoms with Gasteiger partial charge in [0.2, 0.25) is 0 Å². The Bertz CT molecular complexity index is 970. The number of ether oxygens (including phenoxy) is 1. The van der Waals surface area contributed by atoms with E-state index in [4.69, 9.17) is 16.3 Å². The number of aromatic nitrogens is 2. The smallest absolute Gasteiger partial charge is 0.311 e. The molecule has 0 fully saturated rings. The zero-order valence-electron chi connectivity index (χ0n) is 13.1. The predicted molar refractivity (Wildman–Crippen MR) is 91.0 cm³/mol. The van der Waals surface area contributed by atoms with Crippen molar-refractivity contribution in [3.8, 4) is 5.75 Å². The molecule has 8 nitrogen and oxygen atoms in total. The fourth-order valence-corrected chi connectivity index (χ4v) is 2.50. The molecule has 0 aliphatic rings. The van der Waals surface area contributed by atoms with Crippen molar-refractivity contribution in [1.29, 1.82) is 0 Å². The number of hydrogen-bond donors (Lipinski definition) is 1. The van der Waals surface area contributed by atoms with Gasteiger partial charge in [0.25, 0.3) is 5.91 Å².